The molecule has 7 nitrogen and oxygen atoms in total. The number of nitrogens with one attached hydrogen (secondary N) is 2. The third-order valence-electron chi connectivity index (χ3n) is 9.22. The van der Waals surface area contributed by atoms with E-state index in [1.165, 1.54) is 63.1 Å². The quantitative estimate of drug-likeness (QED) is 0.558. The zero-order valence-corrected chi connectivity index (χ0v) is 19.9. The Bertz CT molecular complexity index is 1220. The Morgan fingerprint density at radius 1 is 1.03 bits per heavy atom. The van der Waals surface area contributed by atoms with Crippen LogP contribution in [0.15, 0.2) is 30.3 Å². The molecule has 3 aromatic rings. The van der Waals surface area contributed by atoms with Gasteiger partial charge in [0.25, 0.3) is 0 Å². The number of phenols is 1. The zero-order valence-electron chi connectivity index (χ0n) is 19.9. The summed E-state index contributed by atoms with van der Waals surface area (Å²) < 4.78 is 0. The highest BCUT2D eigenvalue weighted by Gasteiger charge is 2.50. The van der Waals surface area contributed by atoms with E-state index in [0.717, 1.165) is 41.3 Å². The molecule has 178 valence electrons. The van der Waals surface area contributed by atoms with Crippen molar-refractivity contribution in [2.45, 2.75) is 57.2 Å². The third kappa shape index (κ3) is 3.21. The Morgan fingerprint density at radius 2 is 1.82 bits per heavy atom. The highest BCUT2D eigenvalue weighted by atomic mass is 16.3. The van der Waals surface area contributed by atoms with E-state index in [-0.39, 0.29) is 5.75 Å². The van der Waals surface area contributed by atoms with Crippen molar-refractivity contribution in [3.63, 3.8) is 0 Å². The van der Waals surface area contributed by atoms with Crippen LogP contribution >= 0.6 is 0 Å². The van der Waals surface area contributed by atoms with Gasteiger partial charge >= 0.3 is 0 Å². The van der Waals surface area contributed by atoms with Crippen LogP contribution in [0.2, 0.25) is 0 Å². The highest BCUT2D eigenvalue weighted by molar-refractivity contribution is 5.86. The lowest BCUT2D eigenvalue weighted by atomic mass is 9.61. The number of aromatic amines is 1. The van der Waals surface area contributed by atoms with Gasteiger partial charge in [-0.3, -0.25) is 4.90 Å². The van der Waals surface area contributed by atoms with Crippen molar-refractivity contribution in [1.82, 2.24) is 30.3 Å². The topological polar surface area (TPSA) is 80.3 Å². The van der Waals surface area contributed by atoms with Crippen LogP contribution < -0.4 is 5.32 Å². The number of hydrogen-bond donors (Lipinski definition) is 3. The average molecular weight is 459 g/mol. The molecule has 2 saturated heterocycles. The van der Waals surface area contributed by atoms with Crippen LogP contribution in [0.1, 0.15) is 49.9 Å². The van der Waals surface area contributed by atoms with Crippen molar-refractivity contribution < 1.29 is 5.11 Å². The standard InChI is InChI=1S/C27H34N6O/c1-17-25-21-12-23(20-4-2-3-5-24(20)34)30-31-26(21)29-22(25)8-11-33(17)18-6-9-32(10-7-18)19-13-27(14-19)15-28-16-27/h2-5,12,17-19,28,34H,6-11,13-16H2,1H3,(H,29,31)/t17-/m1/s1. The van der Waals surface area contributed by atoms with E-state index in [1.807, 2.05) is 18.2 Å². The highest BCUT2D eigenvalue weighted by Crippen LogP contribution is 2.47. The van der Waals surface area contributed by atoms with Crippen LogP contribution in [-0.2, 0) is 6.42 Å². The van der Waals surface area contributed by atoms with Crippen molar-refractivity contribution in [1.29, 1.82) is 0 Å². The third-order valence-corrected chi connectivity index (χ3v) is 9.22. The summed E-state index contributed by atoms with van der Waals surface area (Å²) in [4.78, 5) is 9.06. The monoisotopic (exact) mass is 458 g/mol. The normalized spacial score (nSPS) is 25.9. The lowest BCUT2D eigenvalue weighted by Crippen LogP contribution is -2.66. The first kappa shape index (κ1) is 20.9. The van der Waals surface area contributed by atoms with Crippen molar-refractivity contribution in [3.05, 3.63) is 41.6 Å². The number of H-pyrrole nitrogens is 1. The van der Waals surface area contributed by atoms with Crippen molar-refractivity contribution >= 4 is 11.0 Å². The summed E-state index contributed by atoms with van der Waals surface area (Å²) in [6, 6.07) is 11.3. The van der Waals surface area contributed by atoms with Crippen LogP contribution in [0.25, 0.3) is 22.3 Å². The maximum Gasteiger partial charge on any atom is 0.160 e. The van der Waals surface area contributed by atoms with E-state index in [1.54, 1.807) is 6.07 Å². The number of aromatic nitrogens is 3. The molecular formula is C27H34N6O. The zero-order chi connectivity index (χ0) is 22.9. The molecule has 1 atom stereocenters. The lowest BCUT2D eigenvalue weighted by molar-refractivity contribution is -0.0521. The van der Waals surface area contributed by atoms with Gasteiger partial charge in [0.2, 0.25) is 0 Å². The van der Waals surface area contributed by atoms with Crippen LogP contribution in [0.3, 0.4) is 0 Å². The summed E-state index contributed by atoms with van der Waals surface area (Å²) in [5, 5.41) is 23.8. The lowest BCUT2D eigenvalue weighted by Gasteiger charge is -2.58. The van der Waals surface area contributed by atoms with E-state index in [9.17, 15) is 5.11 Å². The molecule has 0 radical (unpaired) electrons. The number of para-hydroxylation sites is 1. The molecule has 1 saturated carbocycles. The molecule has 0 bridgehead atoms. The Morgan fingerprint density at radius 3 is 2.56 bits per heavy atom. The molecule has 0 amide bonds. The molecule has 0 unspecified atom stereocenters. The fraction of sp³-hybridized carbons (Fsp3) is 0.556. The number of hydrogen-bond acceptors (Lipinski definition) is 6. The smallest absolute Gasteiger partial charge is 0.160 e. The van der Waals surface area contributed by atoms with Gasteiger partial charge in [-0.2, -0.15) is 0 Å². The second kappa shape index (κ2) is 7.77. The SMILES string of the molecule is C[C@@H]1c2c([nH]c3nnc(-c4ccccc4O)cc23)CCN1C1CCN(C2CC3(CNC3)C2)CC1. The Balaban J connectivity index is 1.10. The van der Waals surface area contributed by atoms with Crippen LogP contribution in [-0.4, -0.2) is 74.9 Å². The predicted octanol–water partition coefficient (Wildman–Crippen LogP) is 3.47. The molecule has 3 fully saturated rings. The number of fused-ring (bicyclic) bond motifs is 3. The summed E-state index contributed by atoms with van der Waals surface area (Å²) in [7, 11) is 0. The second-order valence-electron chi connectivity index (χ2n) is 11.1. The Labute approximate surface area is 200 Å². The van der Waals surface area contributed by atoms with Crippen molar-refractivity contribution in [2.75, 3.05) is 32.7 Å². The number of likely N-dealkylation sites (tertiary alicyclic amines) is 1. The van der Waals surface area contributed by atoms with Crippen LogP contribution in [0, 0.1) is 5.41 Å². The maximum absolute atomic E-state index is 10.3. The first-order valence-electron chi connectivity index (χ1n) is 13.0. The largest absolute Gasteiger partial charge is 0.507 e. The second-order valence-corrected chi connectivity index (χ2v) is 11.1. The van der Waals surface area contributed by atoms with Gasteiger partial charge in [-0.25, -0.2) is 0 Å². The number of phenolic OH excluding ortho intramolecular Hbond substituents is 1. The minimum atomic E-state index is 0.243. The van der Waals surface area contributed by atoms with E-state index in [0.29, 0.717) is 17.5 Å². The molecule has 34 heavy (non-hydrogen) atoms. The number of benzene rings is 1. The Hall–Kier alpha value is -2.48. The molecular weight excluding hydrogens is 424 g/mol. The van der Waals surface area contributed by atoms with Crippen LogP contribution in [0.4, 0.5) is 0 Å². The van der Waals surface area contributed by atoms with Gasteiger partial charge in [0.15, 0.2) is 5.65 Å². The van der Waals surface area contributed by atoms with Gasteiger partial charge in [-0.15, -0.1) is 10.2 Å². The van der Waals surface area contributed by atoms with Crippen molar-refractivity contribution in [2.24, 2.45) is 5.41 Å². The fourth-order valence-electron chi connectivity index (χ4n) is 7.21. The summed E-state index contributed by atoms with van der Waals surface area (Å²) in [5.41, 5.74) is 5.65. The fourth-order valence-corrected chi connectivity index (χ4v) is 7.21. The summed E-state index contributed by atoms with van der Waals surface area (Å²) in [6.07, 6.45) is 6.38. The number of rotatable bonds is 3. The molecule has 4 aliphatic rings. The molecule has 1 aromatic carbocycles. The van der Waals surface area contributed by atoms with Gasteiger partial charge in [0.1, 0.15) is 5.75 Å². The number of piperidine rings is 1. The van der Waals surface area contributed by atoms with E-state index < -0.39 is 0 Å². The van der Waals surface area contributed by atoms with Gasteiger partial charge in [-0.05, 0) is 74.9 Å². The van der Waals surface area contributed by atoms with E-state index in [2.05, 4.69) is 43.3 Å². The predicted molar refractivity (Wildman–Crippen MR) is 133 cm³/mol. The van der Waals surface area contributed by atoms with Crippen LogP contribution in [0.5, 0.6) is 5.75 Å². The average Bonchev–Trinajstić information content (AvgIpc) is 3.17. The minimum Gasteiger partial charge on any atom is -0.507 e. The van der Waals surface area contributed by atoms with Gasteiger partial charge in [0.05, 0.1) is 5.69 Å². The van der Waals surface area contributed by atoms with Gasteiger partial charge < -0.3 is 20.3 Å². The molecule has 1 aliphatic carbocycles. The van der Waals surface area contributed by atoms with E-state index in [4.69, 9.17) is 0 Å². The molecule has 7 heteroatoms. The minimum absolute atomic E-state index is 0.243. The van der Waals surface area contributed by atoms with Gasteiger partial charge in [0, 0.05) is 60.8 Å². The molecule has 3 aliphatic heterocycles. The first-order valence-corrected chi connectivity index (χ1v) is 13.0. The number of aromatic hydroxyl groups is 1. The molecule has 5 heterocycles. The molecule has 3 N–H and O–H groups in total. The maximum atomic E-state index is 10.3. The molecule has 2 aromatic heterocycles. The molecule has 1 spiro atoms. The molecule has 7 rings (SSSR count). The summed E-state index contributed by atoms with van der Waals surface area (Å²) >= 11 is 0. The first-order chi connectivity index (χ1) is 16.6. The summed E-state index contributed by atoms with van der Waals surface area (Å²) in [5.74, 6) is 0.243. The van der Waals surface area contributed by atoms with Crippen molar-refractivity contribution in [3.8, 4) is 17.0 Å². The summed E-state index contributed by atoms with van der Waals surface area (Å²) in [6.45, 7) is 8.43. The Kier molecular flexibility index (Phi) is 4.76. The number of nitrogens with zero attached hydrogens (tertiary/aromatic N) is 4. The van der Waals surface area contributed by atoms with Gasteiger partial charge in [-0.1, -0.05) is 12.1 Å². The van der Waals surface area contributed by atoms with E-state index >= 15 is 0 Å².